The van der Waals surface area contributed by atoms with Crippen LogP contribution in [0, 0.1) is 11.3 Å². The van der Waals surface area contributed by atoms with Gasteiger partial charge in [0, 0.05) is 19.1 Å². The summed E-state index contributed by atoms with van der Waals surface area (Å²) in [6, 6.07) is 0.930. The number of hydrogen-bond donors (Lipinski definition) is 1. The predicted molar refractivity (Wildman–Crippen MR) is 92.7 cm³/mol. The SMILES string of the molecule is CCCCN(CC1(CNCCC)CCC(C)CC1)C1CC1. The lowest BCUT2D eigenvalue weighted by Crippen LogP contribution is -2.47. The number of hydrogen-bond acceptors (Lipinski definition) is 2. The van der Waals surface area contributed by atoms with E-state index in [9.17, 15) is 0 Å². The van der Waals surface area contributed by atoms with Crippen LogP contribution in [0.25, 0.3) is 0 Å². The zero-order valence-corrected chi connectivity index (χ0v) is 14.8. The molecule has 0 bridgehead atoms. The smallest absolute Gasteiger partial charge is 0.00966 e. The highest BCUT2D eigenvalue weighted by atomic mass is 15.2. The first-order chi connectivity index (χ1) is 10.2. The third kappa shape index (κ3) is 5.56. The van der Waals surface area contributed by atoms with E-state index in [0.717, 1.165) is 12.0 Å². The minimum absolute atomic E-state index is 0.567. The molecular formula is C19H38N2. The van der Waals surface area contributed by atoms with Gasteiger partial charge in [-0.05, 0) is 62.9 Å². The van der Waals surface area contributed by atoms with Gasteiger partial charge in [0.25, 0.3) is 0 Å². The highest BCUT2D eigenvalue weighted by molar-refractivity contribution is 4.93. The topological polar surface area (TPSA) is 15.3 Å². The molecule has 2 aliphatic carbocycles. The molecule has 0 heterocycles. The zero-order chi connectivity index (χ0) is 15.1. The number of nitrogens with zero attached hydrogens (tertiary/aromatic N) is 1. The van der Waals surface area contributed by atoms with E-state index in [-0.39, 0.29) is 0 Å². The molecule has 0 amide bonds. The standard InChI is InChI=1S/C19H38N2/c1-4-6-14-21(18-7-8-18)16-19(15-20-13-5-2)11-9-17(3)10-12-19/h17-18,20H,4-16H2,1-3H3. The number of rotatable bonds is 10. The number of nitrogens with one attached hydrogen (secondary N) is 1. The van der Waals surface area contributed by atoms with Crippen molar-refractivity contribution in [1.29, 1.82) is 0 Å². The van der Waals surface area contributed by atoms with Crippen molar-refractivity contribution < 1.29 is 0 Å². The largest absolute Gasteiger partial charge is 0.316 e. The molecule has 0 radical (unpaired) electrons. The van der Waals surface area contributed by atoms with Gasteiger partial charge in [-0.15, -0.1) is 0 Å². The van der Waals surface area contributed by atoms with E-state index in [1.165, 1.54) is 84.0 Å². The van der Waals surface area contributed by atoms with E-state index in [2.05, 4.69) is 31.0 Å². The first kappa shape index (κ1) is 17.3. The summed E-state index contributed by atoms with van der Waals surface area (Å²) < 4.78 is 0. The Labute approximate surface area is 133 Å². The summed E-state index contributed by atoms with van der Waals surface area (Å²) in [4.78, 5) is 2.85. The molecule has 2 aliphatic rings. The van der Waals surface area contributed by atoms with Crippen LogP contribution in [0.4, 0.5) is 0 Å². The van der Waals surface area contributed by atoms with Crippen molar-refractivity contribution >= 4 is 0 Å². The molecule has 21 heavy (non-hydrogen) atoms. The molecule has 0 saturated heterocycles. The first-order valence-corrected chi connectivity index (χ1v) is 9.64. The molecule has 2 fully saturated rings. The van der Waals surface area contributed by atoms with E-state index in [4.69, 9.17) is 0 Å². The Morgan fingerprint density at radius 2 is 1.76 bits per heavy atom. The molecule has 0 spiro atoms. The predicted octanol–water partition coefficient (Wildman–Crippen LogP) is 4.45. The third-order valence-corrected chi connectivity index (χ3v) is 5.66. The van der Waals surface area contributed by atoms with Crippen LogP contribution in [0.3, 0.4) is 0 Å². The Hall–Kier alpha value is -0.0800. The van der Waals surface area contributed by atoms with Gasteiger partial charge in [0.2, 0.25) is 0 Å². The lowest BCUT2D eigenvalue weighted by molar-refractivity contribution is 0.0813. The lowest BCUT2D eigenvalue weighted by atomic mass is 9.70. The van der Waals surface area contributed by atoms with E-state index >= 15 is 0 Å². The summed E-state index contributed by atoms with van der Waals surface area (Å²) in [5.74, 6) is 0.953. The van der Waals surface area contributed by atoms with E-state index in [1.807, 2.05) is 0 Å². The Balaban J connectivity index is 1.92. The lowest BCUT2D eigenvalue weighted by Gasteiger charge is -2.43. The van der Waals surface area contributed by atoms with Crippen molar-refractivity contribution in [3.63, 3.8) is 0 Å². The van der Waals surface area contributed by atoms with Gasteiger partial charge >= 0.3 is 0 Å². The van der Waals surface area contributed by atoms with Crippen molar-refractivity contribution in [1.82, 2.24) is 10.2 Å². The average molecular weight is 295 g/mol. The highest BCUT2D eigenvalue weighted by Gasteiger charge is 2.39. The van der Waals surface area contributed by atoms with Gasteiger partial charge in [-0.1, -0.05) is 40.0 Å². The maximum atomic E-state index is 3.75. The Bertz CT molecular complexity index is 277. The monoisotopic (exact) mass is 294 g/mol. The summed E-state index contributed by atoms with van der Waals surface area (Å²) in [6.07, 6.45) is 12.7. The van der Waals surface area contributed by atoms with Crippen LogP contribution in [0.15, 0.2) is 0 Å². The molecule has 1 N–H and O–H groups in total. The quantitative estimate of drug-likeness (QED) is 0.599. The normalized spacial score (nSPS) is 30.0. The second kappa shape index (κ2) is 8.53. The highest BCUT2D eigenvalue weighted by Crippen LogP contribution is 2.41. The molecule has 2 nitrogen and oxygen atoms in total. The molecule has 0 atom stereocenters. The van der Waals surface area contributed by atoms with Crippen molar-refractivity contribution in [2.45, 2.75) is 84.6 Å². The van der Waals surface area contributed by atoms with Gasteiger partial charge in [-0.2, -0.15) is 0 Å². The molecule has 0 aromatic rings. The summed E-state index contributed by atoms with van der Waals surface area (Å²) in [5.41, 5.74) is 0.567. The first-order valence-electron chi connectivity index (χ1n) is 9.64. The summed E-state index contributed by atoms with van der Waals surface area (Å²) in [7, 11) is 0. The van der Waals surface area contributed by atoms with Gasteiger partial charge < -0.3 is 5.32 Å². The second-order valence-corrected chi connectivity index (χ2v) is 7.91. The van der Waals surface area contributed by atoms with Gasteiger partial charge in [0.15, 0.2) is 0 Å². The third-order valence-electron chi connectivity index (χ3n) is 5.66. The molecule has 124 valence electrons. The Morgan fingerprint density at radius 1 is 1.05 bits per heavy atom. The Kier molecular flexibility index (Phi) is 7.01. The van der Waals surface area contributed by atoms with Crippen molar-refractivity contribution in [3.05, 3.63) is 0 Å². The van der Waals surface area contributed by atoms with Gasteiger partial charge in [-0.3, -0.25) is 4.90 Å². The van der Waals surface area contributed by atoms with Crippen LogP contribution in [0.1, 0.15) is 78.6 Å². The van der Waals surface area contributed by atoms with Crippen molar-refractivity contribution in [2.24, 2.45) is 11.3 Å². The number of unbranched alkanes of at least 4 members (excludes halogenated alkanes) is 1. The van der Waals surface area contributed by atoms with E-state index in [0.29, 0.717) is 5.41 Å². The molecule has 2 rings (SSSR count). The molecule has 0 unspecified atom stereocenters. The summed E-state index contributed by atoms with van der Waals surface area (Å²) >= 11 is 0. The van der Waals surface area contributed by atoms with Gasteiger partial charge in [0.05, 0.1) is 0 Å². The van der Waals surface area contributed by atoms with Crippen molar-refractivity contribution in [2.75, 3.05) is 26.2 Å². The van der Waals surface area contributed by atoms with Gasteiger partial charge in [-0.25, -0.2) is 0 Å². The molecule has 0 aliphatic heterocycles. The van der Waals surface area contributed by atoms with Crippen LogP contribution in [-0.4, -0.2) is 37.1 Å². The fourth-order valence-corrected chi connectivity index (χ4v) is 3.92. The van der Waals surface area contributed by atoms with E-state index in [1.54, 1.807) is 0 Å². The van der Waals surface area contributed by atoms with Crippen LogP contribution in [-0.2, 0) is 0 Å². The van der Waals surface area contributed by atoms with Crippen LogP contribution >= 0.6 is 0 Å². The van der Waals surface area contributed by atoms with Crippen molar-refractivity contribution in [3.8, 4) is 0 Å². The second-order valence-electron chi connectivity index (χ2n) is 7.91. The minimum Gasteiger partial charge on any atom is -0.316 e. The van der Waals surface area contributed by atoms with Crippen LogP contribution < -0.4 is 5.32 Å². The maximum Gasteiger partial charge on any atom is 0.00966 e. The maximum absolute atomic E-state index is 3.75. The fourth-order valence-electron chi connectivity index (χ4n) is 3.92. The summed E-state index contributed by atoms with van der Waals surface area (Å²) in [5, 5.41) is 3.75. The van der Waals surface area contributed by atoms with Gasteiger partial charge in [0.1, 0.15) is 0 Å². The van der Waals surface area contributed by atoms with Crippen LogP contribution in [0.5, 0.6) is 0 Å². The van der Waals surface area contributed by atoms with Crippen LogP contribution in [0.2, 0.25) is 0 Å². The zero-order valence-electron chi connectivity index (χ0n) is 14.8. The fraction of sp³-hybridized carbons (Fsp3) is 1.00. The minimum atomic E-state index is 0.567. The molecule has 0 aromatic carbocycles. The average Bonchev–Trinajstić information content (AvgIpc) is 3.32. The molecule has 2 saturated carbocycles. The molecule has 2 heteroatoms. The summed E-state index contributed by atoms with van der Waals surface area (Å²) in [6.45, 7) is 12.2. The molecule has 0 aromatic heterocycles. The van der Waals surface area contributed by atoms with E-state index < -0.39 is 0 Å². The molecular weight excluding hydrogens is 256 g/mol. The Morgan fingerprint density at radius 3 is 2.33 bits per heavy atom.